The molecule has 2 aromatic heterocycles. The number of ether oxygens (including phenoxy) is 1. The van der Waals surface area contributed by atoms with Gasteiger partial charge >= 0.3 is 5.97 Å². The molecule has 0 N–H and O–H groups in total. The van der Waals surface area contributed by atoms with E-state index >= 15 is 0 Å². The lowest BCUT2D eigenvalue weighted by molar-refractivity contribution is 0.0381. The van der Waals surface area contributed by atoms with E-state index in [0.29, 0.717) is 5.69 Å². The minimum Gasteiger partial charge on any atom is -0.448 e. The quantitative estimate of drug-likeness (QED) is 0.635. The van der Waals surface area contributed by atoms with Crippen molar-refractivity contribution in [1.82, 2.24) is 4.57 Å². The van der Waals surface area contributed by atoms with Crippen LogP contribution in [0.15, 0.2) is 60.1 Å². The summed E-state index contributed by atoms with van der Waals surface area (Å²) in [6.45, 7) is 0. The first-order chi connectivity index (χ1) is 9.84. The highest BCUT2D eigenvalue weighted by molar-refractivity contribution is 7.12. The lowest BCUT2D eigenvalue weighted by Gasteiger charge is -2.15. The molecule has 1 aromatic carbocycles. The predicted molar refractivity (Wildman–Crippen MR) is 77.3 cm³/mol. The Balaban J connectivity index is 1.93. The number of carbonyl (C=O) groups excluding carboxylic acids is 1. The second kappa shape index (κ2) is 4.35. The molecule has 3 heterocycles. The summed E-state index contributed by atoms with van der Waals surface area (Å²) in [5, 5.41) is 3.08. The van der Waals surface area contributed by atoms with E-state index < -0.39 is 0 Å². The fourth-order valence-electron chi connectivity index (χ4n) is 2.54. The zero-order valence-electron chi connectivity index (χ0n) is 10.5. The molecule has 20 heavy (non-hydrogen) atoms. The molecule has 0 aliphatic carbocycles. The van der Waals surface area contributed by atoms with Crippen molar-refractivity contribution < 1.29 is 9.53 Å². The smallest absolute Gasteiger partial charge is 0.356 e. The average Bonchev–Trinajstić information content (AvgIpc) is 3.12. The van der Waals surface area contributed by atoms with Crippen molar-refractivity contribution >= 4 is 17.3 Å². The Kier molecular flexibility index (Phi) is 2.50. The first-order valence-electron chi connectivity index (χ1n) is 6.35. The molecule has 0 spiro atoms. The molecule has 1 unspecified atom stereocenters. The maximum atomic E-state index is 12.3. The van der Waals surface area contributed by atoms with Crippen LogP contribution < -0.4 is 0 Å². The Hall–Kier alpha value is -2.33. The number of carbonyl (C=O) groups is 1. The molecule has 0 bridgehead atoms. The van der Waals surface area contributed by atoms with Crippen LogP contribution in [0.5, 0.6) is 0 Å². The van der Waals surface area contributed by atoms with E-state index in [0.717, 1.165) is 16.1 Å². The number of nitrogens with zero attached hydrogens (tertiary/aromatic N) is 1. The van der Waals surface area contributed by atoms with E-state index in [4.69, 9.17) is 4.74 Å². The Morgan fingerprint density at radius 1 is 1.05 bits per heavy atom. The summed E-state index contributed by atoms with van der Waals surface area (Å²) in [7, 11) is 0. The third-order valence-corrected chi connectivity index (χ3v) is 4.39. The summed E-state index contributed by atoms with van der Waals surface area (Å²) in [6, 6.07) is 15.5. The predicted octanol–water partition coefficient (Wildman–Crippen LogP) is 3.80. The van der Waals surface area contributed by atoms with Crippen molar-refractivity contribution in [3.8, 4) is 5.00 Å². The van der Waals surface area contributed by atoms with Crippen LogP contribution in [0.3, 0.4) is 0 Å². The van der Waals surface area contributed by atoms with Crippen LogP contribution in [0.25, 0.3) is 5.00 Å². The molecule has 4 rings (SSSR count). The van der Waals surface area contributed by atoms with Gasteiger partial charge in [0.1, 0.15) is 10.7 Å². The summed E-state index contributed by atoms with van der Waals surface area (Å²) < 4.78 is 7.62. The fourth-order valence-corrected chi connectivity index (χ4v) is 3.46. The lowest BCUT2D eigenvalue weighted by atomic mass is 10.0. The number of hydrogen-bond acceptors (Lipinski definition) is 3. The van der Waals surface area contributed by atoms with Crippen LogP contribution in [0, 0.1) is 0 Å². The molecule has 0 saturated heterocycles. The van der Waals surface area contributed by atoms with Gasteiger partial charge in [-0.15, -0.1) is 11.3 Å². The number of fused-ring (bicyclic) bond motifs is 3. The first kappa shape index (κ1) is 11.5. The van der Waals surface area contributed by atoms with Gasteiger partial charge in [-0.3, -0.25) is 0 Å². The monoisotopic (exact) mass is 281 g/mol. The van der Waals surface area contributed by atoms with Crippen molar-refractivity contribution in [1.29, 1.82) is 0 Å². The summed E-state index contributed by atoms with van der Waals surface area (Å²) in [4.78, 5) is 12.3. The molecule has 0 radical (unpaired) electrons. The molecule has 1 aliphatic heterocycles. The van der Waals surface area contributed by atoms with E-state index in [2.05, 4.69) is 0 Å². The number of cyclic esters (lactones) is 1. The highest BCUT2D eigenvalue weighted by atomic mass is 32.1. The van der Waals surface area contributed by atoms with Gasteiger partial charge in [-0.25, -0.2) is 4.79 Å². The van der Waals surface area contributed by atoms with Crippen LogP contribution in [-0.2, 0) is 4.74 Å². The number of rotatable bonds is 1. The molecule has 0 saturated carbocycles. The minimum atomic E-state index is -0.343. The Morgan fingerprint density at radius 3 is 2.75 bits per heavy atom. The molecule has 1 aliphatic rings. The van der Waals surface area contributed by atoms with Gasteiger partial charge in [0.15, 0.2) is 6.10 Å². The highest BCUT2D eigenvalue weighted by Crippen LogP contribution is 2.37. The standard InChI is InChI=1S/C16H11NO2S/c18-16-13-7-4-9-17(13)15-12(8-10-20-15)14(19-16)11-5-2-1-3-6-11/h1-10,14H. The third kappa shape index (κ3) is 1.62. The molecule has 3 nitrogen and oxygen atoms in total. The summed E-state index contributed by atoms with van der Waals surface area (Å²) in [5.74, 6) is -0.285. The van der Waals surface area contributed by atoms with E-state index in [9.17, 15) is 4.79 Å². The van der Waals surface area contributed by atoms with Gasteiger partial charge in [-0.05, 0) is 29.1 Å². The first-order valence-corrected chi connectivity index (χ1v) is 7.23. The Morgan fingerprint density at radius 2 is 1.90 bits per heavy atom. The lowest BCUT2D eigenvalue weighted by Crippen LogP contribution is -2.10. The topological polar surface area (TPSA) is 31.2 Å². The van der Waals surface area contributed by atoms with Gasteiger partial charge in [0.05, 0.1) is 0 Å². The fraction of sp³-hybridized carbons (Fsp3) is 0.0625. The Labute approximate surface area is 120 Å². The maximum absolute atomic E-state index is 12.3. The van der Waals surface area contributed by atoms with Crippen molar-refractivity contribution in [3.63, 3.8) is 0 Å². The van der Waals surface area contributed by atoms with Gasteiger partial charge < -0.3 is 9.30 Å². The number of aromatic nitrogens is 1. The minimum absolute atomic E-state index is 0.285. The SMILES string of the molecule is O=C1OC(c2ccccc2)c2ccsc2-n2cccc21. The summed E-state index contributed by atoms with van der Waals surface area (Å²) in [5.41, 5.74) is 2.60. The molecular weight excluding hydrogens is 270 g/mol. The van der Waals surface area contributed by atoms with Crippen molar-refractivity contribution in [2.45, 2.75) is 6.10 Å². The van der Waals surface area contributed by atoms with E-state index in [1.807, 2.05) is 58.6 Å². The average molecular weight is 281 g/mol. The van der Waals surface area contributed by atoms with Crippen molar-refractivity contribution in [2.75, 3.05) is 0 Å². The second-order valence-electron chi connectivity index (χ2n) is 4.64. The number of esters is 1. The van der Waals surface area contributed by atoms with Gasteiger partial charge in [-0.2, -0.15) is 0 Å². The van der Waals surface area contributed by atoms with Crippen LogP contribution in [0.4, 0.5) is 0 Å². The maximum Gasteiger partial charge on any atom is 0.356 e. The third-order valence-electron chi connectivity index (χ3n) is 3.46. The molecule has 0 fully saturated rings. The molecule has 0 amide bonds. The van der Waals surface area contributed by atoms with Crippen LogP contribution in [0.2, 0.25) is 0 Å². The normalized spacial score (nSPS) is 17.0. The number of thiophene rings is 1. The second-order valence-corrected chi connectivity index (χ2v) is 5.54. The van der Waals surface area contributed by atoms with Gasteiger partial charge in [0.2, 0.25) is 0 Å². The van der Waals surface area contributed by atoms with Crippen molar-refractivity contribution in [2.24, 2.45) is 0 Å². The molecule has 4 heteroatoms. The van der Waals surface area contributed by atoms with E-state index in [1.165, 1.54) is 0 Å². The highest BCUT2D eigenvalue weighted by Gasteiger charge is 2.29. The van der Waals surface area contributed by atoms with Gasteiger partial charge in [0.25, 0.3) is 0 Å². The van der Waals surface area contributed by atoms with E-state index in [1.54, 1.807) is 17.4 Å². The van der Waals surface area contributed by atoms with Crippen LogP contribution >= 0.6 is 11.3 Å². The van der Waals surface area contributed by atoms with Gasteiger partial charge in [0, 0.05) is 11.8 Å². The number of benzene rings is 1. The van der Waals surface area contributed by atoms with Crippen molar-refractivity contribution in [3.05, 3.63) is 76.9 Å². The molecule has 98 valence electrons. The van der Waals surface area contributed by atoms with E-state index in [-0.39, 0.29) is 12.1 Å². The molecule has 1 atom stereocenters. The summed E-state index contributed by atoms with van der Waals surface area (Å²) >= 11 is 1.62. The van der Waals surface area contributed by atoms with Gasteiger partial charge in [-0.1, -0.05) is 30.3 Å². The number of hydrogen-bond donors (Lipinski definition) is 0. The van der Waals surface area contributed by atoms with Crippen LogP contribution in [0.1, 0.15) is 27.7 Å². The largest absolute Gasteiger partial charge is 0.448 e. The Bertz CT molecular complexity index is 773. The molecule has 3 aromatic rings. The van der Waals surface area contributed by atoms with Crippen LogP contribution in [-0.4, -0.2) is 10.5 Å². The summed E-state index contributed by atoms with van der Waals surface area (Å²) in [6.07, 6.45) is 1.56. The molecular formula is C16H11NO2S. The zero-order chi connectivity index (χ0) is 13.5. The zero-order valence-corrected chi connectivity index (χ0v) is 11.3.